The number of benzene rings is 2. The van der Waals surface area contributed by atoms with Gasteiger partial charge in [-0.05, 0) is 42.3 Å². The number of hydrogen-bond donors (Lipinski definition) is 1. The summed E-state index contributed by atoms with van der Waals surface area (Å²) in [6.07, 6.45) is 2.43. The average molecular weight is 388 g/mol. The van der Waals surface area contributed by atoms with Gasteiger partial charge in [0.2, 0.25) is 5.71 Å². The largest absolute Gasteiger partial charge is 0.505 e. The Morgan fingerprint density at radius 3 is 2.83 bits per heavy atom. The van der Waals surface area contributed by atoms with Crippen LogP contribution in [0.2, 0.25) is 0 Å². The molecule has 0 unspecified atom stereocenters. The van der Waals surface area contributed by atoms with Crippen LogP contribution in [0.5, 0.6) is 5.75 Å². The average Bonchev–Trinajstić information content (AvgIpc) is 3.06. The van der Waals surface area contributed by atoms with Crippen molar-refractivity contribution in [3.05, 3.63) is 82.1 Å². The molecule has 0 fully saturated rings. The Labute approximate surface area is 164 Å². The fourth-order valence-electron chi connectivity index (χ4n) is 3.93. The monoisotopic (exact) mass is 388 g/mol. The highest BCUT2D eigenvalue weighted by Crippen LogP contribution is 2.34. The molecule has 3 aromatic heterocycles. The molecule has 5 rings (SSSR count). The van der Waals surface area contributed by atoms with Crippen LogP contribution in [-0.2, 0) is 13.0 Å². The van der Waals surface area contributed by atoms with E-state index in [1.54, 1.807) is 29.0 Å². The molecular weight excluding hydrogens is 371 g/mol. The molecule has 5 aromatic rings. The second-order valence-electron chi connectivity index (χ2n) is 7.01. The lowest BCUT2D eigenvalue weighted by Gasteiger charge is -2.09. The molecule has 2 aromatic carbocycles. The summed E-state index contributed by atoms with van der Waals surface area (Å²) in [7, 11) is 0. The number of aryl methyl sites for hydroxylation is 1. The first-order chi connectivity index (χ1) is 14.1. The molecule has 144 valence electrons. The molecule has 0 bridgehead atoms. The molecule has 3 heterocycles. The van der Waals surface area contributed by atoms with Crippen LogP contribution in [0.25, 0.3) is 32.9 Å². The minimum Gasteiger partial charge on any atom is -0.505 e. The van der Waals surface area contributed by atoms with Crippen LogP contribution >= 0.6 is 0 Å². The zero-order valence-corrected chi connectivity index (χ0v) is 15.6. The van der Waals surface area contributed by atoms with Gasteiger partial charge in [-0.25, -0.2) is 14.2 Å². The van der Waals surface area contributed by atoms with Gasteiger partial charge in [-0.3, -0.25) is 0 Å². The lowest BCUT2D eigenvalue weighted by Crippen LogP contribution is -2.09. The van der Waals surface area contributed by atoms with Gasteiger partial charge in [0, 0.05) is 33.4 Å². The van der Waals surface area contributed by atoms with Crippen molar-refractivity contribution in [3.8, 4) is 5.75 Å². The van der Waals surface area contributed by atoms with Crippen LogP contribution in [-0.4, -0.2) is 14.7 Å². The van der Waals surface area contributed by atoms with Gasteiger partial charge in [0.15, 0.2) is 11.6 Å². The minimum atomic E-state index is -0.695. The summed E-state index contributed by atoms with van der Waals surface area (Å²) in [5.74, 6) is -1.11. The Hall–Kier alpha value is -3.67. The number of hydrogen-bond acceptors (Lipinski definition) is 4. The second kappa shape index (κ2) is 6.44. The second-order valence-corrected chi connectivity index (χ2v) is 7.01. The van der Waals surface area contributed by atoms with E-state index in [2.05, 4.69) is 18.0 Å². The summed E-state index contributed by atoms with van der Waals surface area (Å²) in [6, 6.07) is 14.1. The lowest BCUT2D eigenvalue weighted by molar-refractivity contribution is 0.428. The lowest BCUT2D eigenvalue weighted by atomic mass is 10.1. The van der Waals surface area contributed by atoms with E-state index in [0.29, 0.717) is 5.52 Å². The molecule has 0 aliphatic carbocycles. The van der Waals surface area contributed by atoms with E-state index in [0.717, 1.165) is 33.7 Å². The van der Waals surface area contributed by atoms with Crippen LogP contribution in [0.1, 0.15) is 18.1 Å². The Bertz CT molecular complexity index is 1470. The number of nitrogens with zero attached hydrogens (tertiary/aromatic N) is 2. The van der Waals surface area contributed by atoms with Gasteiger partial charge in [0.1, 0.15) is 5.52 Å². The fraction of sp³-hybridized carbons (Fsp3) is 0.130. The fourth-order valence-corrected chi connectivity index (χ4v) is 3.93. The highest BCUT2D eigenvalue weighted by Gasteiger charge is 2.20. The van der Waals surface area contributed by atoms with Gasteiger partial charge >= 0.3 is 5.63 Å². The van der Waals surface area contributed by atoms with Crippen LogP contribution in [0.4, 0.5) is 4.39 Å². The standard InChI is InChI=1S/C23H17FN2O3/c1-2-13-8-9-17-16(11-13)19-15-6-4-10-25-22(15)29-23(28)21(19)26(17)12-14-5-3-7-18(27)20(14)24/h3-11,27H,2,12H2,1H3. The quantitative estimate of drug-likeness (QED) is 0.484. The third-order valence-electron chi connectivity index (χ3n) is 5.35. The Morgan fingerprint density at radius 1 is 1.14 bits per heavy atom. The normalized spacial score (nSPS) is 11.7. The van der Waals surface area contributed by atoms with Gasteiger partial charge in [0.25, 0.3) is 0 Å². The third-order valence-corrected chi connectivity index (χ3v) is 5.35. The summed E-state index contributed by atoms with van der Waals surface area (Å²) in [4.78, 5) is 17.1. The van der Waals surface area contributed by atoms with E-state index >= 15 is 0 Å². The molecule has 1 N–H and O–H groups in total. The van der Waals surface area contributed by atoms with E-state index in [1.807, 2.05) is 18.2 Å². The van der Waals surface area contributed by atoms with Crippen molar-refractivity contribution in [1.82, 2.24) is 9.55 Å². The first-order valence-corrected chi connectivity index (χ1v) is 9.37. The van der Waals surface area contributed by atoms with Crippen LogP contribution in [0.15, 0.2) is 63.9 Å². The van der Waals surface area contributed by atoms with E-state index in [-0.39, 0.29) is 17.8 Å². The molecule has 0 amide bonds. The van der Waals surface area contributed by atoms with Gasteiger partial charge in [-0.2, -0.15) is 0 Å². The van der Waals surface area contributed by atoms with E-state index < -0.39 is 17.2 Å². The van der Waals surface area contributed by atoms with Crippen molar-refractivity contribution in [3.63, 3.8) is 0 Å². The molecule has 6 heteroatoms. The molecule has 0 aliphatic heterocycles. The van der Waals surface area contributed by atoms with Crippen LogP contribution < -0.4 is 5.63 Å². The molecule has 29 heavy (non-hydrogen) atoms. The topological polar surface area (TPSA) is 68.3 Å². The van der Waals surface area contributed by atoms with Crippen molar-refractivity contribution in [2.75, 3.05) is 0 Å². The summed E-state index contributed by atoms with van der Waals surface area (Å²) >= 11 is 0. The summed E-state index contributed by atoms with van der Waals surface area (Å²) in [5.41, 5.74) is 2.31. The number of phenolic OH excluding ortho intramolecular Hbond substituents is 1. The summed E-state index contributed by atoms with van der Waals surface area (Å²) in [6.45, 7) is 2.15. The van der Waals surface area contributed by atoms with Crippen LogP contribution in [0.3, 0.4) is 0 Å². The van der Waals surface area contributed by atoms with Gasteiger partial charge in [-0.15, -0.1) is 0 Å². The summed E-state index contributed by atoms with van der Waals surface area (Å²) in [5, 5.41) is 12.1. The van der Waals surface area contributed by atoms with E-state index in [4.69, 9.17) is 4.42 Å². The highest BCUT2D eigenvalue weighted by molar-refractivity contribution is 6.18. The Morgan fingerprint density at radius 2 is 2.00 bits per heavy atom. The maximum absolute atomic E-state index is 14.5. The van der Waals surface area contributed by atoms with Crippen molar-refractivity contribution in [2.24, 2.45) is 0 Å². The van der Waals surface area contributed by atoms with Gasteiger partial charge in [0.05, 0.1) is 6.54 Å². The number of aromatic nitrogens is 2. The maximum atomic E-state index is 14.5. The van der Waals surface area contributed by atoms with Crippen molar-refractivity contribution >= 4 is 32.9 Å². The molecule has 0 saturated heterocycles. The zero-order chi connectivity index (χ0) is 20.1. The Balaban J connectivity index is 1.93. The highest BCUT2D eigenvalue weighted by atomic mass is 19.1. The molecule has 0 aliphatic rings. The van der Waals surface area contributed by atoms with Gasteiger partial charge in [-0.1, -0.05) is 25.1 Å². The Kier molecular flexibility index (Phi) is 3.87. The molecule has 0 radical (unpaired) electrons. The summed E-state index contributed by atoms with van der Waals surface area (Å²) < 4.78 is 21.7. The number of halogens is 1. The van der Waals surface area contributed by atoms with Crippen molar-refractivity contribution in [1.29, 1.82) is 0 Å². The smallest absolute Gasteiger partial charge is 0.362 e. The number of pyridine rings is 1. The molecule has 0 spiro atoms. The first kappa shape index (κ1) is 17.4. The zero-order valence-electron chi connectivity index (χ0n) is 15.6. The predicted molar refractivity (Wildman–Crippen MR) is 110 cm³/mol. The van der Waals surface area contributed by atoms with Gasteiger partial charge < -0.3 is 14.1 Å². The van der Waals surface area contributed by atoms with Crippen LogP contribution in [0, 0.1) is 5.82 Å². The first-order valence-electron chi connectivity index (χ1n) is 9.37. The number of fused-ring (bicyclic) bond motifs is 5. The molecule has 0 saturated carbocycles. The predicted octanol–water partition coefficient (Wildman–Crippen LogP) is 4.75. The number of aromatic hydroxyl groups is 1. The van der Waals surface area contributed by atoms with Crippen molar-refractivity contribution < 1.29 is 13.9 Å². The van der Waals surface area contributed by atoms with E-state index in [9.17, 15) is 14.3 Å². The van der Waals surface area contributed by atoms with E-state index in [1.165, 1.54) is 6.07 Å². The SMILES string of the molecule is CCc1ccc2c(c1)c1c3cccnc3oc(=O)c1n2Cc1cccc(O)c1F. The number of phenols is 1. The maximum Gasteiger partial charge on any atom is 0.362 e. The molecule has 0 atom stereocenters. The molecule has 5 nitrogen and oxygen atoms in total. The third kappa shape index (κ3) is 2.60. The number of rotatable bonds is 3. The minimum absolute atomic E-state index is 0.0855. The molecular formula is C23H17FN2O3. The van der Waals surface area contributed by atoms with Crippen molar-refractivity contribution in [2.45, 2.75) is 19.9 Å².